The number of hydrogen-bond donors (Lipinski definition) is 1. The third-order valence-electron chi connectivity index (χ3n) is 5.26. The quantitative estimate of drug-likeness (QED) is 0.511. The number of thiazole rings is 1. The van der Waals surface area contributed by atoms with Crippen molar-refractivity contribution in [3.05, 3.63) is 47.5 Å². The van der Waals surface area contributed by atoms with E-state index < -0.39 is 10.0 Å². The fraction of sp³-hybridized carbons (Fsp3) is 0.364. The average molecular weight is 461 g/mol. The second kappa shape index (κ2) is 9.76. The van der Waals surface area contributed by atoms with Gasteiger partial charge in [0.05, 0.1) is 32.0 Å². The van der Waals surface area contributed by atoms with Crippen LogP contribution in [0.3, 0.4) is 0 Å². The van der Waals surface area contributed by atoms with Crippen LogP contribution in [0.15, 0.2) is 46.8 Å². The Morgan fingerprint density at radius 3 is 2.35 bits per heavy atom. The summed E-state index contributed by atoms with van der Waals surface area (Å²) in [5.41, 5.74) is 4.35. The first-order valence-electron chi connectivity index (χ1n) is 10.4. The Labute approximate surface area is 187 Å². The van der Waals surface area contributed by atoms with Gasteiger partial charge in [-0.15, -0.1) is 11.3 Å². The molecule has 0 bridgehead atoms. The molecule has 1 heterocycles. The van der Waals surface area contributed by atoms with Gasteiger partial charge >= 0.3 is 0 Å². The van der Waals surface area contributed by atoms with Crippen molar-refractivity contribution in [2.24, 2.45) is 0 Å². The summed E-state index contributed by atoms with van der Waals surface area (Å²) in [4.78, 5) is 19.5. The zero-order valence-corrected chi connectivity index (χ0v) is 19.9. The molecule has 9 heteroatoms. The average Bonchev–Trinajstić information content (AvgIpc) is 3.24. The molecule has 0 aliphatic rings. The van der Waals surface area contributed by atoms with Gasteiger partial charge in [-0.05, 0) is 50.2 Å². The molecule has 2 aromatic carbocycles. The molecule has 0 atom stereocenters. The second-order valence-electron chi connectivity index (χ2n) is 6.93. The molecule has 0 aliphatic carbocycles. The first-order chi connectivity index (χ1) is 14.8. The molecule has 3 rings (SSSR count). The molecule has 1 amide bonds. The Bertz CT molecular complexity index is 1170. The molecular weight excluding hydrogens is 432 g/mol. The molecule has 166 valence electrons. The number of anilines is 2. The summed E-state index contributed by atoms with van der Waals surface area (Å²) < 4.78 is 28.4. The molecule has 0 saturated heterocycles. The zero-order valence-electron chi connectivity index (χ0n) is 18.3. The maximum absolute atomic E-state index is 13.0. The van der Waals surface area contributed by atoms with Gasteiger partial charge in [0.25, 0.3) is 5.91 Å². The van der Waals surface area contributed by atoms with Gasteiger partial charge < -0.3 is 10.2 Å². The van der Waals surface area contributed by atoms with Gasteiger partial charge in [0, 0.05) is 31.7 Å². The number of nitrogens with one attached hydrogen (secondary N) is 1. The maximum atomic E-state index is 13.0. The Morgan fingerprint density at radius 1 is 1.00 bits per heavy atom. The van der Waals surface area contributed by atoms with Crippen LogP contribution in [0.25, 0.3) is 10.2 Å². The largest absolute Gasteiger partial charge is 0.370 e. The number of hydrogen-bond acceptors (Lipinski definition) is 6. The van der Waals surface area contributed by atoms with Crippen molar-refractivity contribution in [3.8, 4) is 0 Å². The third kappa shape index (κ3) is 4.73. The summed E-state index contributed by atoms with van der Waals surface area (Å²) in [5, 5.41) is 2.94. The van der Waals surface area contributed by atoms with Crippen molar-refractivity contribution in [3.63, 3.8) is 0 Å². The van der Waals surface area contributed by atoms with E-state index in [1.54, 1.807) is 35.8 Å². The predicted molar refractivity (Wildman–Crippen MR) is 128 cm³/mol. The van der Waals surface area contributed by atoms with Crippen LogP contribution in [0.5, 0.6) is 0 Å². The molecule has 0 aliphatic heterocycles. The van der Waals surface area contributed by atoms with Gasteiger partial charge in [-0.25, -0.2) is 13.4 Å². The van der Waals surface area contributed by atoms with Gasteiger partial charge in [0.15, 0.2) is 0 Å². The van der Waals surface area contributed by atoms with Crippen LogP contribution in [-0.4, -0.2) is 49.8 Å². The Balaban J connectivity index is 2.03. The lowest BCUT2D eigenvalue weighted by molar-refractivity contribution is 0.102. The molecule has 0 fully saturated rings. The van der Waals surface area contributed by atoms with E-state index in [-0.39, 0.29) is 10.8 Å². The minimum Gasteiger partial charge on any atom is -0.370 e. The monoisotopic (exact) mass is 460 g/mol. The minimum atomic E-state index is -3.64. The summed E-state index contributed by atoms with van der Waals surface area (Å²) in [7, 11) is -3.64. The van der Waals surface area contributed by atoms with E-state index in [0.29, 0.717) is 24.3 Å². The van der Waals surface area contributed by atoms with Crippen LogP contribution >= 0.6 is 11.3 Å². The lowest BCUT2D eigenvalue weighted by Gasteiger charge is -2.26. The molecule has 1 N–H and O–H groups in total. The number of carbonyl (C=O) groups excluding carboxylic acids is 1. The fourth-order valence-corrected chi connectivity index (χ4v) is 5.72. The van der Waals surface area contributed by atoms with Crippen molar-refractivity contribution < 1.29 is 13.2 Å². The fourth-order valence-electron chi connectivity index (χ4n) is 3.52. The summed E-state index contributed by atoms with van der Waals surface area (Å²) in [6.07, 6.45) is 0. The number of fused-ring (bicyclic) bond motifs is 1. The lowest BCUT2D eigenvalue weighted by atomic mass is 10.2. The molecule has 0 saturated carbocycles. The second-order valence-corrected chi connectivity index (χ2v) is 9.75. The number of amides is 1. The third-order valence-corrected chi connectivity index (χ3v) is 8.09. The van der Waals surface area contributed by atoms with Crippen LogP contribution in [-0.2, 0) is 10.0 Å². The van der Waals surface area contributed by atoms with E-state index in [1.165, 1.54) is 15.6 Å². The van der Waals surface area contributed by atoms with Gasteiger partial charge in [0.1, 0.15) is 0 Å². The Hall–Kier alpha value is -2.49. The molecular formula is C22H28N4O3S2. The number of aromatic nitrogens is 1. The molecule has 31 heavy (non-hydrogen) atoms. The molecule has 0 unspecified atom stereocenters. The molecule has 0 spiro atoms. The smallest absolute Gasteiger partial charge is 0.255 e. The highest BCUT2D eigenvalue weighted by atomic mass is 32.2. The van der Waals surface area contributed by atoms with Crippen LogP contribution in [0.1, 0.15) is 38.1 Å². The van der Waals surface area contributed by atoms with Gasteiger partial charge in [0.2, 0.25) is 10.0 Å². The van der Waals surface area contributed by atoms with Crippen LogP contribution in [0.2, 0.25) is 0 Å². The normalized spacial score (nSPS) is 11.8. The van der Waals surface area contributed by atoms with Crippen LogP contribution in [0.4, 0.5) is 11.4 Å². The van der Waals surface area contributed by atoms with E-state index >= 15 is 0 Å². The summed E-state index contributed by atoms with van der Waals surface area (Å²) in [5.74, 6) is -0.291. The summed E-state index contributed by atoms with van der Waals surface area (Å²) in [6.45, 7) is 9.89. The topological polar surface area (TPSA) is 82.6 Å². The van der Waals surface area contributed by atoms with E-state index in [9.17, 15) is 13.2 Å². The minimum absolute atomic E-state index is 0.167. The lowest BCUT2D eigenvalue weighted by Crippen LogP contribution is -2.31. The highest BCUT2D eigenvalue weighted by molar-refractivity contribution is 7.89. The van der Waals surface area contributed by atoms with Gasteiger partial charge in [-0.1, -0.05) is 13.8 Å². The number of benzene rings is 2. The van der Waals surface area contributed by atoms with Crippen molar-refractivity contribution in [1.82, 2.24) is 9.29 Å². The van der Waals surface area contributed by atoms with Crippen LogP contribution in [0, 0.1) is 0 Å². The molecule has 3 aromatic rings. The SMILES string of the molecule is CCN(CC)c1ccc(S(=O)(=O)N(CC)CC)cc1NC(=O)c1ccc2ncsc2c1. The molecule has 1 aromatic heterocycles. The van der Waals surface area contributed by atoms with E-state index in [1.807, 2.05) is 33.8 Å². The van der Waals surface area contributed by atoms with Crippen molar-refractivity contribution in [1.29, 1.82) is 0 Å². The number of nitrogens with zero attached hydrogens (tertiary/aromatic N) is 3. The zero-order chi connectivity index (χ0) is 22.6. The van der Waals surface area contributed by atoms with Crippen molar-refractivity contribution in [2.75, 3.05) is 36.4 Å². The maximum Gasteiger partial charge on any atom is 0.255 e. The number of sulfonamides is 1. The van der Waals surface area contributed by atoms with Gasteiger partial charge in [-0.2, -0.15) is 4.31 Å². The summed E-state index contributed by atoms with van der Waals surface area (Å²) in [6, 6.07) is 10.3. The van der Waals surface area contributed by atoms with Crippen LogP contribution < -0.4 is 10.2 Å². The highest BCUT2D eigenvalue weighted by Gasteiger charge is 2.24. The molecule has 7 nitrogen and oxygen atoms in total. The molecule has 0 radical (unpaired) electrons. The van der Waals surface area contributed by atoms with E-state index in [0.717, 1.165) is 29.0 Å². The van der Waals surface area contributed by atoms with E-state index in [4.69, 9.17) is 0 Å². The number of carbonyl (C=O) groups is 1. The van der Waals surface area contributed by atoms with E-state index in [2.05, 4.69) is 15.2 Å². The first-order valence-corrected chi connectivity index (χ1v) is 12.7. The van der Waals surface area contributed by atoms with Crippen molar-refractivity contribution in [2.45, 2.75) is 32.6 Å². The highest BCUT2D eigenvalue weighted by Crippen LogP contribution is 2.31. The van der Waals surface area contributed by atoms with Crippen molar-refractivity contribution >= 4 is 48.9 Å². The summed E-state index contributed by atoms with van der Waals surface area (Å²) >= 11 is 1.47. The predicted octanol–water partition coefficient (Wildman–Crippen LogP) is 4.43. The Morgan fingerprint density at radius 2 is 1.71 bits per heavy atom. The standard InChI is InChI=1S/C22H28N4O3S2/c1-5-25(6-2)20-12-10-17(31(28,29)26(7-3)8-4)14-19(20)24-22(27)16-9-11-18-21(13-16)30-15-23-18/h9-15H,5-8H2,1-4H3,(H,24,27). The number of rotatable bonds is 9. The Kier molecular flexibility index (Phi) is 7.30. The van der Waals surface area contributed by atoms with Gasteiger partial charge in [-0.3, -0.25) is 4.79 Å². The first kappa shape index (κ1) is 23.2.